The van der Waals surface area contributed by atoms with Crippen molar-refractivity contribution in [3.05, 3.63) is 52.1 Å². The maximum absolute atomic E-state index is 12.3. The van der Waals surface area contributed by atoms with Gasteiger partial charge < -0.3 is 19.1 Å². The molecule has 0 spiro atoms. The smallest absolute Gasteiger partial charge is 0.338 e. The molecule has 0 aliphatic carbocycles. The quantitative estimate of drug-likeness (QED) is 0.449. The van der Waals surface area contributed by atoms with E-state index >= 15 is 0 Å². The second-order valence-corrected chi connectivity index (χ2v) is 5.80. The minimum Gasteiger partial charge on any atom is -0.466 e. The van der Waals surface area contributed by atoms with Crippen molar-refractivity contribution in [3.8, 4) is 0 Å². The number of anilines is 1. The van der Waals surface area contributed by atoms with E-state index in [2.05, 4.69) is 4.74 Å². The van der Waals surface area contributed by atoms with Crippen LogP contribution >= 0.6 is 11.6 Å². The summed E-state index contributed by atoms with van der Waals surface area (Å²) in [6.07, 6.45) is 1.16. The van der Waals surface area contributed by atoms with Crippen LogP contribution in [-0.2, 0) is 28.6 Å². The summed E-state index contributed by atoms with van der Waals surface area (Å²) in [5.74, 6) is -2.06. The van der Waals surface area contributed by atoms with Crippen LogP contribution in [0.2, 0.25) is 5.02 Å². The Hall–Kier alpha value is -2.80. The van der Waals surface area contributed by atoms with E-state index in [1.165, 1.54) is 21.3 Å². The van der Waals surface area contributed by atoms with Gasteiger partial charge in [-0.25, -0.2) is 14.4 Å². The third-order valence-corrected chi connectivity index (χ3v) is 4.09. The third-order valence-electron chi connectivity index (χ3n) is 3.84. The van der Waals surface area contributed by atoms with E-state index < -0.39 is 17.9 Å². The number of carbonyl (C=O) groups is 3. The fraction of sp³-hybridized carbons (Fsp3) is 0.278. The van der Waals surface area contributed by atoms with E-state index in [0.29, 0.717) is 10.6 Å². The minimum absolute atomic E-state index is 0.00923. The number of rotatable bonds is 4. The number of nitrogens with zero attached hydrogens (tertiary/aromatic N) is 1. The highest BCUT2D eigenvalue weighted by atomic mass is 35.5. The second-order valence-electron chi connectivity index (χ2n) is 5.36. The van der Waals surface area contributed by atoms with Crippen LogP contribution in [0.3, 0.4) is 0 Å². The summed E-state index contributed by atoms with van der Waals surface area (Å²) in [4.78, 5) is 38.1. The second kappa shape index (κ2) is 8.53. The highest BCUT2D eigenvalue weighted by molar-refractivity contribution is 6.30. The Morgan fingerprint density at radius 2 is 1.58 bits per heavy atom. The third kappa shape index (κ3) is 4.23. The van der Waals surface area contributed by atoms with E-state index in [1.807, 2.05) is 4.90 Å². The first-order chi connectivity index (χ1) is 12.4. The van der Waals surface area contributed by atoms with Crippen LogP contribution in [0, 0.1) is 0 Å². The van der Waals surface area contributed by atoms with E-state index in [-0.39, 0.29) is 24.2 Å². The molecule has 1 aliphatic rings. The number of methoxy groups -OCH3 is 3. The molecule has 0 radical (unpaired) electrons. The van der Waals surface area contributed by atoms with Crippen molar-refractivity contribution in [3.63, 3.8) is 0 Å². The van der Waals surface area contributed by atoms with Crippen molar-refractivity contribution in [2.24, 2.45) is 0 Å². The molecule has 1 aromatic carbocycles. The molecular weight excluding hydrogens is 362 g/mol. The molecule has 0 aromatic heterocycles. The number of carbonyl (C=O) groups excluding carboxylic acids is 3. The average Bonchev–Trinajstić information content (AvgIpc) is 2.66. The molecule has 1 aliphatic heterocycles. The fourth-order valence-corrected chi connectivity index (χ4v) is 2.73. The van der Waals surface area contributed by atoms with Gasteiger partial charge in [0.2, 0.25) is 0 Å². The predicted molar refractivity (Wildman–Crippen MR) is 94.8 cm³/mol. The molecule has 8 heteroatoms. The van der Waals surface area contributed by atoms with Crippen molar-refractivity contribution in [2.45, 2.75) is 0 Å². The zero-order valence-corrected chi connectivity index (χ0v) is 15.3. The van der Waals surface area contributed by atoms with E-state index in [1.54, 1.807) is 24.3 Å². The fourth-order valence-electron chi connectivity index (χ4n) is 2.60. The van der Waals surface area contributed by atoms with Gasteiger partial charge in [0.15, 0.2) is 0 Å². The number of ether oxygens (including phenoxy) is 3. The van der Waals surface area contributed by atoms with Crippen molar-refractivity contribution >= 4 is 35.2 Å². The van der Waals surface area contributed by atoms with Gasteiger partial charge >= 0.3 is 17.9 Å². The lowest BCUT2D eigenvalue weighted by Gasteiger charge is -2.32. The molecule has 7 nitrogen and oxygen atoms in total. The van der Waals surface area contributed by atoms with E-state index in [9.17, 15) is 14.4 Å². The molecule has 0 saturated carbocycles. The lowest BCUT2D eigenvalue weighted by Crippen LogP contribution is -2.38. The maximum Gasteiger partial charge on any atom is 0.338 e. The van der Waals surface area contributed by atoms with Gasteiger partial charge in [0.1, 0.15) is 0 Å². The molecule has 2 rings (SSSR count). The van der Waals surface area contributed by atoms with Crippen molar-refractivity contribution in [1.29, 1.82) is 0 Å². The Morgan fingerprint density at radius 1 is 0.962 bits per heavy atom. The summed E-state index contributed by atoms with van der Waals surface area (Å²) in [7, 11) is 3.64. The Balaban J connectivity index is 2.58. The molecule has 0 fully saturated rings. The summed E-state index contributed by atoms with van der Waals surface area (Å²) >= 11 is 5.92. The topological polar surface area (TPSA) is 82.1 Å². The van der Waals surface area contributed by atoms with Crippen molar-refractivity contribution in [2.75, 3.05) is 39.3 Å². The number of halogens is 1. The standard InChI is InChI=1S/C18H18ClNO6/c1-24-15(21)8-11-9-20(13-6-4-12(19)5-7-13)10-14(17(22)25-2)16(11)18(23)26-3/h4-8H,9-10H2,1-3H3/b11-8+. The summed E-state index contributed by atoms with van der Waals surface area (Å²) in [6.45, 7) is 0.304. The Kier molecular flexibility index (Phi) is 6.41. The summed E-state index contributed by atoms with van der Waals surface area (Å²) in [6, 6.07) is 6.96. The van der Waals surface area contributed by atoms with Crippen LogP contribution in [0.4, 0.5) is 5.69 Å². The molecule has 138 valence electrons. The average molecular weight is 380 g/mol. The molecular formula is C18H18ClNO6. The molecule has 0 saturated heterocycles. The SMILES string of the molecule is COC(=O)/C=C1\CN(c2ccc(Cl)cc2)CC(C(=O)OC)=C1C(=O)OC. The lowest BCUT2D eigenvalue weighted by molar-refractivity contribution is -0.139. The van der Waals surface area contributed by atoms with Gasteiger partial charge in [0.25, 0.3) is 0 Å². The van der Waals surface area contributed by atoms with E-state index in [0.717, 1.165) is 11.8 Å². The number of benzene rings is 1. The van der Waals surface area contributed by atoms with Crippen LogP contribution in [0.5, 0.6) is 0 Å². The van der Waals surface area contributed by atoms with Crippen molar-refractivity contribution < 1.29 is 28.6 Å². The number of hydrogen-bond acceptors (Lipinski definition) is 7. The van der Waals surface area contributed by atoms with Gasteiger partial charge in [-0.05, 0) is 29.8 Å². The Bertz CT molecular complexity index is 781. The van der Waals surface area contributed by atoms with Crippen LogP contribution in [0.15, 0.2) is 47.1 Å². The van der Waals surface area contributed by atoms with Gasteiger partial charge in [0.05, 0.1) is 39.0 Å². The highest BCUT2D eigenvalue weighted by Crippen LogP contribution is 2.29. The molecule has 0 bridgehead atoms. The molecule has 0 amide bonds. The monoisotopic (exact) mass is 379 g/mol. The van der Waals surface area contributed by atoms with E-state index in [4.69, 9.17) is 21.1 Å². The van der Waals surface area contributed by atoms with Gasteiger partial charge in [-0.3, -0.25) is 0 Å². The first-order valence-corrected chi connectivity index (χ1v) is 7.98. The Morgan fingerprint density at radius 3 is 2.12 bits per heavy atom. The Labute approximate surface area is 155 Å². The first kappa shape index (κ1) is 19.5. The van der Waals surface area contributed by atoms with Gasteiger partial charge in [-0.1, -0.05) is 11.6 Å². The molecule has 1 aromatic rings. The van der Waals surface area contributed by atoms with Gasteiger partial charge in [-0.15, -0.1) is 0 Å². The van der Waals surface area contributed by atoms with Crippen LogP contribution in [0.1, 0.15) is 0 Å². The normalized spacial score (nSPS) is 15.7. The number of esters is 3. The van der Waals surface area contributed by atoms with Crippen LogP contribution in [0.25, 0.3) is 0 Å². The van der Waals surface area contributed by atoms with Gasteiger partial charge in [-0.2, -0.15) is 0 Å². The molecule has 0 unspecified atom stereocenters. The van der Waals surface area contributed by atoms with Crippen molar-refractivity contribution in [1.82, 2.24) is 0 Å². The zero-order valence-electron chi connectivity index (χ0n) is 14.6. The largest absolute Gasteiger partial charge is 0.466 e. The first-order valence-electron chi connectivity index (χ1n) is 7.60. The molecule has 0 N–H and O–H groups in total. The zero-order chi connectivity index (χ0) is 19.3. The predicted octanol–water partition coefficient (Wildman–Crippen LogP) is 1.90. The molecule has 1 heterocycles. The maximum atomic E-state index is 12.3. The van der Waals surface area contributed by atoms with Crippen LogP contribution < -0.4 is 4.90 Å². The molecule has 26 heavy (non-hydrogen) atoms. The summed E-state index contributed by atoms with van der Waals surface area (Å²) in [5, 5.41) is 0.565. The summed E-state index contributed by atoms with van der Waals surface area (Å²) in [5.41, 5.74) is 1.16. The van der Waals surface area contributed by atoms with Gasteiger partial charge in [0, 0.05) is 23.3 Å². The minimum atomic E-state index is -0.726. The lowest BCUT2D eigenvalue weighted by atomic mass is 9.93. The highest BCUT2D eigenvalue weighted by Gasteiger charge is 2.33. The number of hydrogen-bond donors (Lipinski definition) is 0. The van der Waals surface area contributed by atoms with Crippen LogP contribution in [-0.4, -0.2) is 52.3 Å². The summed E-state index contributed by atoms with van der Waals surface area (Å²) < 4.78 is 14.2. The molecule has 0 atom stereocenters.